The summed E-state index contributed by atoms with van der Waals surface area (Å²) in [6.07, 6.45) is 3.03. The number of nitrogens with one attached hydrogen (secondary N) is 1. The highest BCUT2D eigenvalue weighted by atomic mass is 35.5. The molecule has 2 rings (SSSR count). The molecule has 0 amide bonds. The fraction of sp³-hybridized carbons (Fsp3) is 0.636. The highest BCUT2D eigenvalue weighted by Gasteiger charge is 2.25. The second-order valence-corrected chi connectivity index (χ2v) is 6.86. The van der Waals surface area contributed by atoms with Crippen molar-refractivity contribution in [2.75, 3.05) is 12.3 Å². The van der Waals surface area contributed by atoms with E-state index in [1.165, 1.54) is 0 Å². The normalized spacial score (nSPS) is 20.9. The number of hydrogen-bond acceptors (Lipinski definition) is 5. The van der Waals surface area contributed by atoms with E-state index >= 15 is 0 Å². The van der Waals surface area contributed by atoms with Crippen LogP contribution in [0.4, 0.5) is 0 Å². The Morgan fingerprint density at radius 1 is 1.44 bits per heavy atom. The van der Waals surface area contributed by atoms with E-state index in [4.69, 9.17) is 11.6 Å². The van der Waals surface area contributed by atoms with Crippen LogP contribution in [-0.4, -0.2) is 36.7 Å². The molecule has 7 heteroatoms. The molecule has 0 aliphatic carbocycles. The van der Waals surface area contributed by atoms with Crippen molar-refractivity contribution in [3.8, 4) is 0 Å². The molecule has 1 fully saturated rings. The Bertz CT molecular complexity index is 507. The monoisotopic (exact) mass is 289 g/mol. The molecule has 100 valence electrons. The number of aromatic nitrogens is 2. The number of halogens is 1. The fourth-order valence-electron chi connectivity index (χ4n) is 2.05. The predicted octanol–water partition coefficient (Wildman–Crippen LogP) is 1.35. The maximum absolute atomic E-state index is 12.2. The van der Waals surface area contributed by atoms with Gasteiger partial charge in [-0.1, -0.05) is 18.0 Å². The average molecular weight is 290 g/mol. The van der Waals surface area contributed by atoms with Gasteiger partial charge in [-0.3, -0.25) is 0 Å². The summed E-state index contributed by atoms with van der Waals surface area (Å²) in [6, 6.07) is 1.53. The minimum atomic E-state index is -3.47. The van der Waals surface area contributed by atoms with Crippen molar-refractivity contribution in [2.45, 2.75) is 37.4 Å². The van der Waals surface area contributed by atoms with Gasteiger partial charge in [-0.15, -0.1) is 0 Å². The summed E-state index contributed by atoms with van der Waals surface area (Å²) in [7, 11) is -3.47. The number of nitrogens with zero attached hydrogens (tertiary/aromatic N) is 2. The van der Waals surface area contributed by atoms with E-state index in [9.17, 15) is 8.42 Å². The number of hydrogen-bond donors (Lipinski definition) is 1. The lowest BCUT2D eigenvalue weighted by atomic mass is 10.1. The zero-order chi connectivity index (χ0) is 13.2. The first-order chi connectivity index (χ1) is 8.47. The SMILES string of the molecule is Cc1cc(Cl)nc(S(=O)(=O)C[C@@H]2CCCCN2)n1. The van der Waals surface area contributed by atoms with Crippen LogP contribution < -0.4 is 5.32 Å². The number of rotatable bonds is 3. The van der Waals surface area contributed by atoms with Gasteiger partial charge < -0.3 is 5.32 Å². The van der Waals surface area contributed by atoms with Crippen LogP contribution in [0.5, 0.6) is 0 Å². The minimum Gasteiger partial charge on any atom is -0.313 e. The fourth-order valence-corrected chi connectivity index (χ4v) is 3.82. The topological polar surface area (TPSA) is 72.0 Å². The molecule has 1 atom stereocenters. The zero-order valence-corrected chi connectivity index (χ0v) is 11.8. The van der Waals surface area contributed by atoms with Gasteiger partial charge in [-0.2, -0.15) is 0 Å². The maximum Gasteiger partial charge on any atom is 0.248 e. The summed E-state index contributed by atoms with van der Waals surface area (Å²) < 4.78 is 24.4. The lowest BCUT2D eigenvalue weighted by Crippen LogP contribution is -2.39. The molecule has 2 heterocycles. The summed E-state index contributed by atoms with van der Waals surface area (Å²) in [4.78, 5) is 7.77. The van der Waals surface area contributed by atoms with Gasteiger partial charge in [0.2, 0.25) is 15.0 Å². The van der Waals surface area contributed by atoms with Crippen LogP contribution in [0.25, 0.3) is 0 Å². The van der Waals surface area contributed by atoms with Gasteiger partial charge in [0, 0.05) is 11.7 Å². The van der Waals surface area contributed by atoms with Gasteiger partial charge in [-0.25, -0.2) is 18.4 Å². The summed E-state index contributed by atoms with van der Waals surface area (Å²) in [5, 5.41) is 3.20. The Hall–Kier alpha value is -0.720. The van der Waals surface area contributed by atoms with Crippen LogP contribution >= 0.6 is 11.6 Å². The Morgan fingerprint density at radius 2 is 2.22 bits per heavy atom. The molecule has 1 N–H and O–H groups in total. The van der Waals surface area contributed by atoms with Crippen LogP contribution in [0.1, 0.15) is 25.0 Å². The molecular weight excluding hydrogens is 274 g/mol. The predicted molar refractivity (Wildman–Crippen MR) is 69.5 cm³/mol. The maximum atomic E-state index is 12.2. The minimum absolute atomic E-state index is 0.00774. The van der Waals surface area contributed by atoms with Gasteiger partial charge in [0.1, 0.15) is 5.15 Å². The van der Waals surface area contributed by atoms with Gasteiger partial charge in [0.25, 0.3) is 0 Å². The first-order valence-electron chi connectivity index (χ1n) is 5.95. The van der Waals surface area contributed by atoms with E-state index in [0.717, 1.165) is 25.8 Å². The number of sulfone groups is 1. The van der Waals surface area contributed by atoms with Crippen molar-refractivity contribution in [1.82, 2.24) is 15.3 Å². The molecular formula is C11H16ClN3O2S. The second kappa shape index (κ2) is 5.50. The molecule has 18 heavy (non-hydrogen) atoms. The van der Waals surface area contributed by atoms with Gasteiger partial charge in [0.15, 0.2) is 0 Å². The van der Waals surface area contributed by atoms with Crippen molar-refractivity contribution in [3.63, 3.8) is 0 Å². The van der Waals surface area contributed by atoms with E-state index in [0.29, 0.717) is 5.69 Å². The molecule has 0 saturated carbocycles. The lowest BCUT2D eigenvalue weighted by Gasteiger charge is -2.22. The molecule has 1 aliphatic heterocycles. The summed E-state index contributed by atoms with van der Waals surface area (Å²) in [6.45, 7) is 2.57. The van der Waals surface area contributed by atoms with E-state index in [2.05, 4.69) is 15.3 Å². The summed E-state index contributed by atoms with van der Waals surface area (Å²) in [5.74, 6) is 0.0345. The Morgan fingerprint density at radius 3 is 2.83 bits per heavy atom. The van der Waals surface area contributed by atoms with E-state index in [1.807, 2.05) is 0 Å². The zero-order valence-electron chi connectivity index (χ0n) is 10.2. The molecule has 0 unspecified atom stereocenters. The van der Waals surface area contributed by atoms with Crippen molar-refractivity contribution in [3.05, 3.63) is 16.9 Å². The van der Waals surface area contributed by atoms with Crippen LogP contribution in [0.2, 0.25) is 5.15 Å². The highest BCUT2D eigenvalue weighted by molar-refractivity contribution is 7.91. The van der Waals surface area contributed by atoms with E-state index in [-0.39, 0.29) is 22.1 Å². The molecule has 0 spiro atoms. The molecule has 0 aromatic carbocycles. The van der Waals surface area contributed by atoms with E-state index in [1.54, 1.807) is 13.0 Å². The Kier molecular flexibility index (Phi) is 4.19. The molecule has 0 bridgehead atoms. The molecule has 1 aliphatic rings. The van der Waals surface area contributed by atoms with Crippen LogP contribution in [0.15, 0.2) is 11.2 Å². The molecule has 0 radical (unpaired) electrons. The molecule has 5 nitrogen and oxygen atoms in total. The van der Waals surface area contributed by atoms with Crippen molar-refractivity contribution in [2.24, 2.45) is 0 Å². The Balaban J connectivity index is 2.19. The first-order valence-corrected chi connectivity index (χ1v) is 7.98. The van der Waals surface area contributed by atoms with E-state index < -0.39 is 9.84 Å². The van der Waals surface area contributed by atoms with Gasteiger partial charge in [-0.05, 0) is 32.4 Å². The average Bonchev–Trinajstić information content (AvgIpc) is 2.28. The smallest absolute Gasteiger partial charge is 0.248 e. The third-order valence-corrected chi connectivity index (χ3v) is 4.69. The van der Waals surface area contributed by atoms with Crippen LogP contribution in [-0.2, 0) is 9.84 Å². The number of piperidine rings is 1. The summed E-state index contributed by atoms with van der Waals surface area (Å²) in [5.41, 5.74) is 0.560. The largest absolute Gasteiger partial charge is 0.313 e. The molecule has 1 saturated heterocycles. The van der Waals surface area contributed by atoms with Crippen LogP contribution in [0.3, 0.4) is 0 Å². The van der Waals surface area contributed by atoms with Gasteiger partial charge in [0.05, 0.1) is 5.75 Å². The second-order valence-electron chi connectivity index (χ2n) is 4.54. The number of aryl methyl sites for hydroxylation is 1. The third-order valence-electron chi connectivity index (χ3n) is 2.91. The standard InChI is InChI=1S/C11H16ClN3O2S/c1-8-6-10(12)15-11(14-8)18(16,17)7-9-4-2-3-5-13-9/h6,9,13H,2-5,7H2,1H3/t9-/m0/s1. The molecule has 1 aromatic heterocycles. The van der Waals surface area contributed by atoms with Crippen molar-refractivity contribution < 1.29 is 8.42 Å². The third kappa shape index (κ3) is 3.40. The molecule has 1 aromatic rings. The van der Waals surface area contributed by atoms with Crippen molar-refractivity contribution >= 4 is 21.4 Å². The first kappa shape index (κ1) is 13.7. The van der Waals surface area contributed by atoms with Gasteiger partial charge >= 0.3 is 0 Å². The Labute approximate surface area is 112 Å². The lowest BCUT2D eigenvalue weighted by molar-refractivity contribution is 0.423. The van der Waals surface area contributed by atoms with Crippen LogP contribution in [0, 0.1) is 6.92 Å². The highest BCUT2D eigenvalue weighted by Crippen LogP contribution is 2.15. The van der Waals surface area contributed by atoms with Crippen molar-refractivity contribution in [1.29, 1.82) is 0 Å². The summed E-state index contributed by atoms with van der Waals surface area (Å²) >= 11 is 5.77. The quantitative estimate of drug-likeness (QED) is 0.672.